The SMILES string of the molecule is CCCCCCc1ccc(C(=O)OOC(=O)OCCC(COC(=O)OOC(=O)c2ccc(CCCCCC)cc2)C(COC(=O)OOC(=O)c2ccc(CCCCCC)cc2)C(CCOC(=O)OOC(=O)c2ccc(CCCCCC)cc2)COC(=O)OOC(=O)c2ccc(CCCCCC)cc2)cc1. The first kappa shape index (κ1) is 85.4. The highest BCUT2D eigenvalue weighted by Crippen LogP contribution is 2.30. The van der Waals surface area contributed by atoms with Gasteiger partial charge in [0.1, 0.15) is 0 Å². The first-order valence-corrected chi connectivity index (χ1v) is 36.7. The summed E-state index contributed by atoms with van der Waals surface area (Å²) in [5, 5.41) is 0. The van der Waals surface area contributed by atoms with E-state index in [1.54, 1.807) is 60.7 Å². The molecule has 25 heteroatoms. The number of carbonyl (C=O) groups excluding carboxylic acids is 10. The highest BCUT2D eigenvalue weighted by Gasteiger charge is 2.35. The van der Waals surface area contributed by atoms with Crippen molar-refractivity contribution in [3.63, 3.8) is 0 Å². The van der Waals surface area contributed by atoms with E-state index < -0.39 is 124 Å². The summed E-state index contributed by atoms with van der Waals surface area (Å²) in [5.74, 6) is -9.29. The van der Waals surface area contributed by atoms with Crippen molar-refractivity contribution in [1.29, 1.82) is 0 Å². The minimum Gasteiger partial charge on any atom is -0.432 e. The summed E-state index contributed by atoms with van der Waals surface area (Å²) in [5.41, 5.74) is 5.05. The molecule has 5 aromatic rings. The molecule has 0 radical (unpaired) electrons. The lowest BCUT2D eigenvalue weighted by molar-refractivity contribution is -0.210. The van der Waals surface area contributed by atoms with Gasteiger partial charge in [0, 0.05) is 17.8 Å². The lowest BCUT2D eigenvalue weighted by Crippen LogP contribution is -2.37. The van der Waals surface area contributed by atoms with E-state index >= 15 is 0 Å². The first-order valence-electron chi connectivity index (χ1n) is 36.7. The molecule has 0 heterocycles. The van der Waals surface area contributed by atoms with Gasteiger partial charge in [-0.25, -0.2) is 72.8 Å². The third kappa shape index (κ3) is 35.2. The zero-order chi connectivity index (χ0) is 75.7. The fourth-order valence-corrected chi connectivity index (χ4v) is 11.1. The van der Waals surface area contributed by atoms with E-state index in [0.29, 0.717) is 0 Å². The third-order valence-electron chi connectivity index (χ3n) is 17.3. The Kier molecular flexibility index (Phi) is 41.5. The average molecular weight is 1460 g/mol. The van der Waals surface area contributed by atoms with Crippen LogP contribution in [-0.2, 0) is 105 Å². The summed E-state index contributed by atoms with van der Waals surface area (Å²) >= 11 is 0. The largest absolute Gasteiger partial charge is 0.549 e. The molecular formula is C80H102O25. The van der Waals surface area contributed by atoms with E-state index in [4.69, 9.17) is 72.6 Å². The van der Waals surface area contributed by atoms with Gasteiger partial charge in [-0.2, -0.15) is 24.0 Å². The Balaban J connectivity index is 1.41. The monoisotopic (exact) mass is 1460 g/mol. The van der Waals surface area contributed by atoms with Crippen LogP contribution in [0, 0.1) is 17.8 Å². The molecule has 0 aromatic heterocycles. The van der Waals surface area contributed by atoms with Crippen molar-refractivity contribution in [3.05, 3.63) is 177 Å². The molecule has 0 aliphatic rings. The summed E-state index contributed by atoms with van der Waals surface area (Å²) < 4.78 is 27.1. The lowest BCUT2D eigenvalue weighted by atomic mass is 9.79. The van der Waals surface area contributed by atoms with Crippen molar-refractivity contribution >= 4 is 60.6 Å². The normalized spacial score (nSPS) is 11.6. The first-order chi connectivity index (χ1) is 51.0. The number of hydrogen-bond donors (Lipinski definition) is 0. The number of ether oxygens (including phenoxy) is 5. The van der Waals surface area contributed by atoms with Crippen LogP contribution in [0.15, 0.2) is 121 Å². The Labute approximate surface area is 614 Å². The van der Waals surface area contributed by atoms with E-state index in [-0.39, 0.29) is 27.8 Å². The molecule has 0 aliphatic heterocycles. The summed E-state index contributed by atoms with van der Waals surface area (Å²) in [6.45, 7) is 6.71. The van der Waals surface area contributed by atoms with E-state index in [1.165, 1.54) is 60.7 Å². The van der Waals surface area contributed by atoms with Crippen LogP contribution < -0.4 is 0 Å². The predicted molar refractivity (Wildman–Crippen MR) is 380 cm³/mol. The van der Waals surface area contributed by atoms with E-state index in [9.17, 15) is 47.9 Å². The van der Waals surface area contributed by atoms with E-state index in [1.807, 2.05) is 0 Å². The van der Waals surface area contributed by atoms with Gasteiger partial charge < -0.3 is 23.7 Å². The van der Waals surface area contributed by atoms with Crippen LogP contribution in [0.5, 0.6) is 0 Å². The number of benzene rings is 5. The van der Waals surface area contributed by atoms with Crippen molar-refractivity contribution < 1.29 is 121 Å². The van der Waals surface area contributed by atoms with Gasteiger partial charge in [-0.3, -0.25) is 0 Å². The zero-order valence-corrected chi connectivity index (χ0v) is 61.1. The molecule has 2 atom stereocenters. The average Bonchev–Trinajstić information content (AvgIpc) is 0.862. The number of rotatable bonds is 44. The van der Waals surface area contributed by atoms with Gasteiger partial charge in [0.2, 0.25) is 0 Å². The van der Waals surface area contributed by atoms with Crippen LogP contribution in [-0.4, -0.2) is 93.7 Å². The number of carbonyl (C=O) groups is 10. The van der Waals surface area contributed by atoms with Gasteiger partial charge in [0.15, 0.2) is 0 Å². The maximum atomic E-state index is 13.5. The van der Waals surface area contributed by atoms with Gasteiger partial charge in [0.05, 0.1) is 60.9 Å². The second-order valence-electron chi connectivity index (χ2n) is 25.4. The van der Waals surface area contributed by atoms with Crippen LogP contribution in [0.1, 0.15) is 255 Å². The molecule has 0 fully saturated rings. The zero-order valence-electron chi connectivity index (χ0n) is 61.1. The third-order valence-corrected chi connectivity index (χ3v) is 17.3. The van der Waals surface area contributed by atoms with Crippen LogP contribution in [0.2, 0.25) is 0 Å². The Bertz CT molecular complexity index is 3210. The Morgan fingerprint density at radius 1 is 0.238 bits per heavy atom. The van der Waals surface area contributed by atoms with E-state index in [0.717, 1.165) is 188 Å². The maximum Gasteiger partial charge on any atom is 0.549 e. The van der Waals surface area contributed by atoms with Gasteiger partial charge in [0.25, 0.3) is 0 Å². The molecule has 0 amide bonds. The highest BCUT2D eigenvalue weighted by molar-refractivity contribution is 5.91. The molecule has 0 aliphatic carbocycles. The summed E-state index contributed by atoms with van der Waals surface area (Å²) in [7, 11) is 0. The molecule has 2 unspecified atom stereocenters. The minimum absolute atomic E-state index is 0.0191. The van der Waals surface area contributed by atoms with Crippen LogP contribution in [0.3, 0.4) is 0 Å². The summed E-state index contributed by atoms with van der Waals surface area (Å²) in [6.07, 6.45) is 15.9. The topological polar surface area (TPSA) is 309 Å². The molecule has 105 heavy (non-hydrogen) atoms. The summed E-state index contributed by atoms with van der Waals surface area (Å²) in [6, 6.07) is 32.4. The predicted octanol–water partition coefficient (Wildman–Crippen LogP) is 18.9. The maximum absolute atomic E-state index is 13.5. The molecule has 25 nitrogen and oxygen atoms in total. The number of unbranched alkanes of at least 4 members (excludes halogenated alkanes) is 15. The molecule has 0 bridgehead atoms. The van der Waals surface area contributed by atoms with Gasteiger partial charge in [-0.1, -0.05) is 192 Å². The standard InChI is InChI=1S/C80H102O25/c1-6-11-16-21-26-58-31-41-63(42-32-58)71(81)96-101-76(86)91-53-51-68(55-93-78(88)103-98-73(83)65-45-35-60(36-46-65)28-23-18-13-8-3)70(57-95-80(90)105-100-75(85)67-49-39-62(40-50-67)30-25-20-15-10-5)69(56-94-79(89)104-99-74(84)66-47-37-61(38-48-66)29-24-19-14-9-4)52-54-92-77(87)102-97-72(82)64-43-33-59(34-44-64)27-22-17-12-7-2/h31-50,68-70H,6-30,51-57H2,1-5H3. The van der Waals surface area contributed by atoms with Crippen molar-refractivity contribution in [1.82, 2.24) is 0 Å². The Morgan fingerprint density at radius 2 is 0.438 bits per heavy atom. The molecule has 0 saturated carbocycles. The van der Waals surface area contributed by atoms with Crippen molar-refractivity contribution in [2.75, 3.05) is 33.0 Å². The molecule has 0 spiro atoms. The van der Waals surface area contributed by atoms with Crippen LogP contribution in [0.4, 0.5) is 24.0 Å². The van der Waals surface area contributed by atoms with Crippen molar-refractivity contribution in [2.45, 2.75) is 208 Å². The van der Waals surface area contributed by atoms with Gasteiger partial charge in [-0.15, -0.1) is 0 Å². The van der Waals surface area contributed by atoms with Gasteiger partial charge in [-0.05, 0) is 166 Å². The second kappa shape index (κ2) is 51.0. The highest BCUT2D eigenvalue weighted by atomic mass is 17.3. The molecule has 0 saturated heterocycles. The minimum atomic E-state index is -1.61. The second-order valence-corrected chi connectivity index (χ2v) is 25.4. The molecule has 572 valence electrons. The lowest BCUT2D eigenvalue weighted by Gasteiger charge is -2.32. The fraction of sp³-hybridized carbons (Fsp3) is 0.500. The molecule has 5 rings (SSSR count). The fourth-order valence-electron chi connectivity index (χ4n) is 11.1. The quantitative estimate of drug-likeness (QED) is 0.0115. The number of hydrogen-bond acceptors (Lipinski definition) is 25. The van der Waals surface area contributed by atoms with E-state index in [2.05, 4.69) is 34.6 Å². The van der Waals surface area contributed by atoms with Gasteiger partial charge >= 0.3 is 60.6 Å². The summed E-state index contributed by atoms with van der Waals surface area (Å²) in [4.78, 5) is 180. The van der Waals surface area contributed by atoms with Crippen molar-refractivity contribution in [2.24, 2.45) is 17.8 Å². The molecular weight excluding hydrogens is 1360 g/mol. The van der Waals surface area contributed by atoms with Crippen LogP contribution >= 0.6 is 0 Å². The van der Waals surface area contributed by atoms with Crippen molar-refractivity contribution in [3.8, 4) is 0 Å². The number of aryl methyl sites for hydroxylation is 5. The smallest absolute Gasteiger partial charge is 0.432 e. The Hall–Kier alpha value is -10.2. The Morgan fingerprint density at radius 3 is 0.648 bits per heavy atom. The molecule has 5 aromatic carbocycles. The molecule has 0 N–H and O–H groups in total. The van der Waals surface area contributed by atoms with Crippen LogP contribution in [0.25, 0.3) is 0 Å².